The number of rotatable bonds is 9. The summed E-state index contributed by atoms with van der Waals surface area (Å²) in [4.78, 5) is 22.3. The molecule has 8 nitrogen and oxygen atoms in total. The number of nitrogens with one attached hydrogen (secondary N) is 1. The molecule has 2 aromatic rings. The van der Waals surface area contributed by atoms with Crippen LogP contribution in [0.3, 0.4) is 0 Å². The van der Waals surface area contributed by atoms with Crippen LogP contribution in [0, 0.1) is 11.7 Å². The molecule has 1 aliphatic rings. The lowest BCUT2D eigenvalue weighted by Gasteiger charge is -2.37. The molecule has 0 bridgehead atoms. The number of aliphatic hydroxyl groups excluding tert-OH is 1. The van der Waals surface area contributed by atoms with Gasteiger partial charge in [-0.15, -0.1) is 0 Å². The summed E-state index contributed by atoms with van der Waals surface area (Å²) in [5, 5.41) is 13.3. The number of aliphatic hydroxyl groups is 1. The monoisotopic (exact) mass is 575 g/mol. The van der Waals surface area contributed by atoms with E-state index in [1.807, 2.05) is 0 Å². The van der Waals surface area contributed by atoms with Crippen molar-refractivity contribution in [2.75, 3.05) is 29.0 Å². The number of alkyl halides is 3. The van der Waals surface area contributed by atoms with Crippen LogP contribution in [-0.4, -0.2) is 51.9 Å². The van der Waals surface area contributed by atoms with Crippen LogP contribution < -0.4 is 16.0 Å². The van der Waals surface area contributed by atoms with E-state index in [-0.39, 0.29) is 34.7 Å². The van der Waals surface area contributed by atoms with Crippen molar-refractivity contribution in [3.63, 3.8) is 0 Å². The van der Waals surface area contributed by atoms with Crippen molar-refractivity contribution in [1.29, 1.82) is 0 Å². The molecule has 0 amide bonds. The third kappa shape index (κ3) is 8.82. The molecule has 3 rings (SSSR count). The quantitative estimate of drug-likeness (QED) is 0.206. The van der Waals surface area contributed by atoms with Crippen molar-refractivity contribution in [2.45, 2.75) is 76.8 Å². The predicted octanol–water partition coefficient (Wildman–Crippen LogP) is 5.44. The lowest BCUT2D eigenvalue weighted by molar-refractivity contribution is -0.156. The van der Waals surface area contributed by atoms with Crippen LogP contribution in [0.25, 0.3) is 0 Å². The van der Waals surface area contributed by atoms with Crippen molar-refractivity contribution in [1.82, 2.24) is 9.97 Å². The number of ether oxygens (including phenoxy) is 1. The zero-order valence-corrected chi connectivity index (χ0v) is 22.8. The van der Waals surface area contributed by atoms with Crippen molar-refractivity contribution >= 4 is 34.9 Å². The number of nitrogen functional groups attached to an aromatic ring is 1. The van der Waals surface area contributed by atoms with E-state index in [0.29, 0.717) is 38.8 Å². The SMILES string of the molecule is CC(C)(C)OC(=O)[C@@H](CCCC[C@H]1CN(c2ncnc(N)c2F)CC[C@@H]1O)Nc1cc(Cl)cc(C(F)(F)F)c1. The van der Waals surface area contributed by atoms with Gasteiger partial charge in [0.2, 0.25) is 5.82 Å². The number of hydrogen-bond acceptors (Lipinski definition) is 8. The molecule has 216 valence electrons. The third-order valence-corrected chi connectivity index (χ3v) is 6.58. The Hall–Kier alpha value is -2.86. The molecule has 1 aliphatic heterocycles. The molecule has 0 saturated carbocycles. The van der Waals surface area contributed by atoms with E-state index in [9.17, 15) is 27.5 Å². The third-order valence-electron chi connectivity index (χ3n) is 6.37. The number of carbonyl (C=O) groups excluding carboxylic acids is 1. The lowest BCUT2D eigenvalue weighted by Crippen LogP contribution is -2.44. The normalized spacial score (nSPS) is 19.1. The first kappa shape index (κ1) is 30.7. The number of hydrogen-bond donors (Lipinski definition) is 3. The number of nitrogens with two attached hydrogens (primary N) is 1. The van der Waals surface area contributed by atoms with Crippen molar-refractivity contribution in [3.05, 3.63) is 40.9 Å². The second-order valence-electron chi connectivity index (χ2n) is 10.7. The van der Waals surface area contributed by atoms with E-state index in [1.54, 1.807) is 25.7 Å². The Kier molecular flexibility index (Phi) is 9.87. The zero-order chi connectivity index (χ0) is 29.0. The molecular weight excluding hydrogens is 542 g/mol. The topological polar surface area (TPSA) is 114 Å². The minimum Gasteiger partial charge on any atom is -0.458 e. The average molecular weight is 576 g/mol. The molecule has 13 heteroatoms. The summed E-state index contributed by atoms with van der Waals surface area (Å²) in [7, 11) is 0. The van der Waals surface area contributed by atoms with Gasteiger partial charge < -0.3 is 25.8 Å². The van der Waals surface area contributed by atoms with Crippen LogP contribution in [0.1, 0.15) is 58.4 Å². The zero-order valence-electron chi connectivity index (χ0n) is 22.1. The highest BCUT2D eigenvalue weighted by Gasteiger charge is 2.33. The van der Waals surface area contributed by atoms with Crippen molar-refractivity contribution in [3.8, 4) is 0 Å². The molecule has 1 saturated heterocycles. The van der Waals surface area contributed by atoms with E-state index >= 15 is 0 Å². The number of anilines is 3. The summed E-state index contributed by atoms with van der Waals surface area (Å²) in [6, 6.07) is 2.11. The number of piperidine rings is 1. The second kappa shape index (κ2) is 12.5. The van der Waals surface area contributed by atoms with Gasteiger partial charge in [-0.3, -0.25) is 0 Å². The van der Waals surface area contributed by atoms with E-state index in [0.717, 1.165) is 12.1 Å². The first-order valence-electron chi connectivity index (χ1n) is 12.7. The van der Waals surface area contributed by atoms with Crippen LogP contribution in [0.4, 0.5) is 34.9 Å². The van der Waals surface area contributed by atoms with E-state index in [4.69, 9.17) is 22.1 Å². The van der Waals surface area contributed by atoms with Gasteiger partial charge in [0, 0.05) is 29.7 Å². The number of nitrogens with zero attached hydrogens (tertiary/aromatic N) is 3. The molecule has 39 heavy (non-hydrogen) atoms. The minimum atomic E-state index is -4.60. The Labute approximate surface area is 229 Å². The van der Waals surface area contributed by atoms with Crippen molar-refractivity contribution in [2.24, 2.45) is 5.92 Å². The fraction of sp³-hybridized carbons (Fsp3) is 0.577. The van der Waals surface area contributed by atoms with Crippen LogP contribution in [0.2, 0.25) is 5.02 Å². The van der Waals surface area contributed by atoms with Gasteiger partial charge in [-0.05, 0) is 58.2 Å². The molecule has 2 heterocycles. The van der Waals surface area contributed by atoms with Crippen LogP contribution in [0.15, 0.2) is 24.5 Å². The molecule has 0 aliphatic carbocycles. The highest BCUT2D eigenvalue weighted by atomic mass is 35.5. The molecule has 0 unspecified atom stereocenters. The summed E-state index contributed by atoms with van der Waals surface area (Å²) in [6.45, 7) is 5.88. The largest absolute Gasteiger partial charge is 0.458 e. The predicted molar refractivity (Wildman–Crippen MR) is 141 cm³/mol. The number of unbranched alkanes of at least 4 members (excludes halogenated alkanes) is 1. The summed E-state index contributed by atoms with van der Waals surface area (Å²) < 4.78 is 59.7. The lowest BCUT2D eigenvalue weighted by atomic mass is 9.89. The van der Waals surface area contributed by atoms with Gasteiger partial charge in [-0.2, -0.15) is 17.6 Å². The fourth-order valence-electron chi connectivity index (χ4n) is 4.50. The molecule has 0 spiro atoms. The molecule has 1 fully saturated rings. The van der Waals surface area contributed by atoms with Gasteiger partial charge in [-0.25, -0.2) is 14.8 Å². The fourth-order valence-corrected chi connectivity index (χ4v) is 4.74. The number of benzene rings is 1. The highest BCUT2D eigenvalue weighted by Crippen LogP contribution is 2.34. The van der Waals surface area contributed by atoms with Gasteiger partial charge in [-0.1, -0.05) is 24.4 Å². The van der Waals surface area contributed by atoms with Gasteiger partial charge in [0.05, 0.1) is 11.7 Å². The molecular formula is C26H34ClF4N5O3. The summed E-state index contributed by atoms with van der Waals surface area (Å²) >= 11 is 5.90. The number of halogens is 5. The maximum Gasteiger partial charge on any atom is 0.416 e. The van der Waals surface area contributed by atoms with Crippen LogP contribution in [-0.2, 0) is 15.7 Å². The first-order valence-corrected chi connectivity index (χ1v) is 13.1. The minimum absolute atomic E-state index is 0.0511. The summed E-state index contributed by atoms with van der Waals surface area (Å²) in [6.07, 6.45) is -1.60. The summed E-state index contributed by atoms with van der Waals surface area (Å²) in [5.74, 6) is -1.63. The summed E-state index contributed by atoms with van der Waals surface area (Å²) in [5.41, 5.74) is 3.89. The van der Waals surface area contributed by atoms with Gasteiger partial charge in [0.1, 0.15) is 18.0 Å². The van der Waals surface area contributed by atoms with Crippen LogP contribution in [0.5, 0.6) is 0 Å². The maximum atomic E-state index is 14.4. The number of carbonyl (C=O) groups is 1. The van der Waals surface area contributed by atoms with Crippen LogP contribution >= 0.6 is 11.6 Å². The smallest absolute Gasteiger partial charge is 0.416 e. The average Bonchev–Trinajstić information content (AvgIpc) is 2.82. The Balaban J connectivity index is 1.64. The van der Waals surface area contributed by atoms with E-state index in [2.05, 4.69) is 15.3 Å². The Morgan fingerprint density at radius 2 is 1.97 bits per heavy atom. The molecule has 3 atom stereocenters. The Morgan fingerprint density at radius 3 is 2.64 bits per heavy atom. The Bertz CT molecular complexity index is 1150. The van der Waals surface area contributed by atoms with Crippen molar-refractivity contribution < 1.29 is 32.2 Å². The second-order valence-corrected chi connectivity index (χ2v) is 11.1. The van der Waals surface area contributed by atoms with Gasteiger partial charge in [0.15, 0.2) is 11.6 Å². The van der Waals surface area contributed by atoms with Gasteiger partial charge in [0.25, 0.3) is 0 Å². The molecule has 4 N–H and O–H groups in total. The molecule has 0 radical (unpaired) electrons. The highest BCUT2D eigenvalue weighted by molar-refractivity contribution is 6.31. The molecule has 1 aromatic heterocycles. The first-order chi connectivity index (χ1) is 18.1. The maximum absolute atomic E-state index is 14.4. The Morgan fingerprint density at radius 1 is 1.26 bits per heavy atom. The van der Waals surface area contributed by atoms with Gasteiger partial charge >= 0.3 is 12.1 Å². The van der Waals surface area contributed by atoms with E-state index < -0.39 is 41.3 Å². The standard InChI is InChI=1S/C26H34ClF4N5O3/c1-25(2,3)39-24(38)19(35-18-11-16(26(29,30)31)10-17(27)12-18)7-5-4-6-15-13-36(9-8-20(15)37)23-21(28)22(32)33-14-34-23/h10-12,14-15,19-20,35,37H,4-9,13H2,1-3H3,(H2,32,33,34)/t15-,19+,20-/m0/s1. The number of aromatic nitrogens is 2. The number of esters is 1. The molecule has 1 aromatic carbocycles. The van der Waals surface area contributed by atoms with E-state index in [1.165, 1.54) is 12.4 Å².